The fraction of sp³-hybridized carbons (Fsp3) is 0.167. The SMILES string of the molecule is CCOc1ccc(Nc2nc(N)ncc2Br)cc1F. The third-order valence-corrected chi connectivity index (χ3v) is 2.84. The van der Waals surface area contributed by atoms with E-state index in [4.69, 9.17) is 10.5 Å². The first-order chi connectivity index (χ1) is 9.10. The smallest absolute Gasteiger partial charge is 0.222 e. The van der Waals surface area contributed by atoms with Gasteiger partial charge < -0.3 is 15.8 Å². The van der Waals surface area contributed by atoms with Crippen molar-refractivity contribution < 1.29 is 9.13 Å². The summed E-state index contributed by atoms with van der Waals surface area (Å²) in [7, 11) is 0. The average molecular weight is 327 g/mol. The van der Waals surface area contributed by atoms with Gasteiger partial charge in [-0.3, -0.25) is 0 Å². The topological polar surface area (TPSA) is 73.1 Å². The number of nitrogens with zero attached hydrogens (tertiary/aromatic N) is 2. The van der Waals surface area contributed by atoms with E-state index in [0.29, 0.717) is 22.6 Å². The summed E-state index contributed by atoms with van der Waals surface area (Å²) in [5, 5.41) is 2.95. The first-order valence-corrected chi connectivity index (χ1v) is 6.37. The third-order valence-electron chi connectivity index (χ3n) is 2.26. The number of benzene rings is 1. The van der Waals surface area contributed by atoms with Crippen molar-refractivity contribution in [2.45, 2.75) is 6.92 Å². The van der Waals surface area contributed by atoms with Gasteiger partial charge in [0, 0.05) is 18.0 Å². The molecule has 2 rings (SSSR count). The zero-order valence-corrected chi connectivity index (χ0v) is 11.7. The van der Waals surface area contributed by atoms with E-state index in [1.807, 2.05) is 0 Å². The van der Waals surface area contributed by atoms with Gasteiger partial charge in [0.1, 0.15) is 5.82 Å². The number of nitrogens with two attached hydrogens (primary N) is 1. The number of hydrogen-bond donors (Lipinski definition) is 2. The van der Waals surface area contributed by atoms with Gasteiger partial charge in [-0.05, 0) is 35.0 Å². The Labute approximate surface area is 118 Å². The molecule has 1 aromatic heterocycles. The molecule has 5 nitrogen and oxygen atoms in total. The molecule has 0 atom stereocenters. The maximum Gasteiger partial charge on any atom is 0.222 e. The van der Waals surface area contributed by atoms with Gasteiger partial charge in [0.05, 0.1) is 11.1 Å². The van der Waals surface area contributed by atoms with Crippen molar-refractivity contribution in [3.05, 3.63) is 34.7 Å². The molecule has 7 heteroatoms. The molecule has 0 bridgehead atoms. The number of halogens is 2. The van der Waals surface area contributed by atoms with Gasteiger partial charge in [0.25, 0.3) is 0 Å². The molecule has 1 heterocycles. The van der Waals surface area contributed by atoms with Crippen LogP contribution in [-0.4, -0.2) is 16.6 Å². The van der Waals surface area contributed by atoms with Crippen LogP contribution in [-0.2, 0) is 0 Å². The summed E-state index contributed by atoms with van der Waals surface area (Å²) in [4.78, 5) is 7.83. The van der Waals surface area contributed by atoms with E-state index in [0.717, 1.165) is 0 Å². The molecule has 19 heavy (non-hydrogen) atoms. The van der Waals surface area contributed by atoms with E-state index in [-0.39, 0.29) is 11.7 Å². The Balaban J connectivity index is 2.24. The quantitative estimate of drug-likeness (QED) is 0.903. The fourth-order valence-electron chi connectivity index (χ4n) is 1.46. The van der Waals surface area contributed by atoms with Gasteiger partial charge >= 0.3 is 0 Å². The molecule has 1 aromatic carbocycles. The summed E-state index contributed by atoms with van der Waals surface area (Å²) in [6.07, 6.45) is 1.52. The van der Waals surface area contributed by atoms with Gasteiger partial charge in [0.15, 0.2) is 11.6 Å². The monoisotopic (exact) mass is 326 g/mol. The maximum absolute atomic E-state index is 13.7. The molecule has 2 aromatic rings. The van der Waals surface area contributed by atoms with Crippen molar-refractivity contribution in [1.82, 2.24) is 9.97 Å². The summed E-state index contributed by atoms with van der Waals surface area (Å²) in [5.41, 5.74) is 6.04. The minimum atomic E-state index is -0.440. The van der Waals surface area contributed by atoms with Crippen LogP contribution in [0.15, 0.2) is 28.9 Å². The maximum atomic E-state index is 13.7. The van der Waals surface area contributed by atoms with Gasteiger partial charge in [-0.25, -0.2) is 9.37 Å². The molecular weight excluding hydrogens is 315 g/mol. The first-order valence-electron chi connectivity index (χ1n) is 5.57. The standard InChI is InChI=1S/C12H12BrFN4O/c1-2-19-10-4-3-7(5-9(10)14)17-11-8(13)6-16-12(15)18-11/h3-6H,2H2,1H3,(H3,15,16,17,18). The largest absolute Gasteiger partial charge is 0.491 e. The van der Waals surface area contributed by atoms with Crippen molar-refractivity contribution in [3.63, 3.8) is 0 Å². The highest BCUT2D eigenvalue weighted by molar-refractivity contribution is 9.10. The number of anilines is 3. The van der Waals surface area contributed by atoms with Crippen LogP contribution >= 0.6 is 15.9 Å². The molecule has 0 aliphatic rings. The molecule has 0 unspecified atom stereocenters. The fourth-order valence-corrected chi connectivity index (χ4v) is 1.75. The summed E-state index contributed by atoms with van der Waals surface area (Å²) in [5.74, 6) is 0.382. The van der Waals surface area contributed by atoms with E-state index in [1.165, 1.54) is 12.3 Å². The number of hydrogen-bond acceptors (Lipinski definition) is 5. The van der Waals surface area contributed by atoms with Crippen LogP contribution in [0.25, 0.3) is 0 Å². The van der Waals surface area contributed by atoms with Crippen LogP contribution in [0.4, 0.5) is 21.8 Å². The van der Waals surface area contributed by atoms with E-state index >= 15 is 0 Å². The number of ether oxygens (including phenoxy) is 1. The van der Waals surface area contributed by atoms with Crippen molar-refractivity contribution in [2.24, 2.45) is 0 Å². The molecule has 0 spiro atoms. The molecule has 100 valence electrons. The lowest BCUT2D eigenvalue weighted by Crippen LogP contribution is -2.01. The Morgan fingerprint density at radius 3 is 2.95 bits per heavy atom. The molecule has 0 radical (unpaired) electrons. The van der Waals surface area contributed by atoms with Gasteiger partial charge in [0.2, 0.25) is 5.95 Å². The summed E-state index contributed by atoms with van der Waals surface area (Å²) >= 11 is 3.28. The zero-order chi connectivity index (χ0) is 13.8. The summed E-state index contributed by atoms with van der Waals surface area (Å²) in [6, 6.07) is 4.58. The highest BCUT2D eigenvalue weighted by Crippen LogP contribution is 2.26. The van der Waals surface area contributed by atoms with Gasteiger partial charge in [-0.1, -0.05) is 0 Å². The first kappa shape index (κ1) is 13.5. The molecule has 3 N–H and O–H groups in total. The minimum absolute atomic E-state index is 0.136. The van der Waals surface area contributed by atoms with Crippen molar-refractivity contribution in [1.29, 1.82) is 0 Å². The lowest BCUT2D eigenvalue weighted by Gasteiger charge is -2.10. The predicted molar refractivity (Wildman–Crippen MR) is 75.0 cm³/mol. The summed E-state index contributed by atoms with van der Waals surface area (Å²) < 4.78 is 19.4. The van der Waals surface area contributed by atoms with Crippen molar-refractivity contribution >= 4 is 33.4 Å². The normalized spacial score (nSPS) is 10.3. The Morgan fingerprint density at radius 2 is 2.26 bits per heavy atom. The molecule has 0 saturated heterocycles. The van der Waals surface area contributed by atoms with Crippen LogP contribution in [0.5, 0.6) is 5.75 Å². The minimum Gasteiger partial charge on any atom is -0.491 e. The van der Waals surface area contributed by atoms with E-state index in [9.17, 15) is 4.39 Å². The van der Waals surface area contributed by atoms with Gasteiger partial charge in [-0.2, -0.15) is 4.98 Å². The Kier molecular flexibility index (Phi) is 4.16. The Bertz CT molecular complexity index is 594. The molecule has 0 amide bonds. The highest BCUT2D eigenvalue weighted by Gasteiger charge is 2.07. The molecule has 0 aliphatic heterocycles. The highest BCUT2D eigenvalue weighted by atomic mass is 79.9. The van der Waals surface area contributed by atoms with Crippen molar-refractivity contribution in [2.75, 3.05) is 17.7 Å². The summed E-state index contributed by atoms with van der Waals surface area (Å²) in [6.45, 7) is 2.21. The van der Waals surface area contributed by atoms with Crippen LogP contribution in [0.2, 0.25) is 0 Å². The van der Waals surface area contributed by atoms with E-state index in [1.54, 1.807) is 19.1 Å². The molecule has 0 saturated carbocycles. The Morgan fingerprint density at radius 1 is 1.47 bits per heavy atom. The second-order valence-electron chi connectivity index (χ2n) is 3.63. The number of aromatic nitrogens is 2. The van der Waals surface area contributed by atoms with Crippen LogP contribution < -0.4 is 15.8 Å². The van der Waals surface area contributed by atoms with Crippen LogP contribution in [0, 0.1) is 5.82 Å². The zero-order valence-electron chi connectivity index (χ0n) is 10.2. The molecular formula is C12H12BrFN4O. The lowest BCUT2D eigenvalue weighted by molar-refractivity contribution is 0.321. The lowest BCUT2D eigenvalue weighted by atomic mass is 10.3. The van der Waals surface area contributed by atoms with Gasteiger partial charge in [-0.15, -0.1) is 0 Å². The number of nitrogens with one attached hydrogen (secondary N) is 1. The third kappa shape index (κ3) is 3.31. The predicted octanol–water partition coefficient (Wildman–Crippen LogP) is 3.10. The van der Waals surface area contributed by atoms with Crippen LogP contribution in [0.3, 0.4) is 0 Å². The van der Waals surface area contributed by atoms with E-state index < -0.39 is 5.82 Å². The van der Waals surface area contributed by atoms with E-state index in [2.05, 4.69) is 31.2 Å². The van der Waals surface area contributed by atoms with Crippen molar-refractivity contribution in [3.8, 4) is 5.75 Å². The average Bonchev–Trinajstić information content (AvgIpc) is 2.37. The second kappa shape index (κ2) is 5.83. The molecule has 0 aliphatic carbocycles. The van der Waals surface area contributed by atoms with Crippen LogP contribution in [0.1, 0.15) is 6.92 Å². The number of rotatable bonds is 4. The number of nitrogen functional groups attached to an aromatic ring is 1. The Hall–Kier alpha value is -1.89. The second-order valence-corrected chi connectivity index (χ2v) is 4.48. The molecule has 0 fully saturated rings.